The van der Waals surface area contributed by atoms with Gasteiger partial charge >= 0.3 is 11.9 Å². The summed E-state index contributed by atoms with van der Waals surface area (Å²) in [5, 5.41) is 8.54. The van der Waals surface area contributed by atoms with Crippen molar-refractivity contribution in [2.24, 2.45) is 0 Å². The lowest BCUT2D eigenvalue weighted by atomic mass is 9.79. The van der Waals surface area contributed by atoms with Crippen LogP contribution in [-0.2, 0) is 14.3 Å². The molecule has 0 atom stereocenters. The van der Waals surface area contributed by atoms with Crippen LogP contribution in [0.4, 0.5) is 0 Å². The molecule has 0 amide bonds. The first-order chi connectivity index (χ1) is 7.56. The van der Waals surface area contributed by atoms with E-state index in [0.717, 1.165) is 0 Å². The summed E-state index contributed by atoms with van der Waals surface area (Å²) in [6.07, 6.45) is 0.956. The Bertz CT molecular complexity index is 317. The van der Waals surface area contributed by atoms with Crippen LogP contribution in [0, 0.1) is 0 Å². The highest BCUT2D eigenvalue weighted by Crippen LogP contribution is 2.38. The topological polar surface area (TPSA) is 66.8 Å². The van der Waals surface area contributed by atoms with Crippen molar-refractivity contribution in [1.29, 1.82) is 0 Å². The Morgan fingerprint density at radius 1 is 1.18 bits per heavy atom. The first-order valence-corrected chi connectivity index (χ1v) is 5.74. The first-order valence-electron chi connectivity index (χ1n) is 5.74. The summed E-state index contributed by atoms with van der Waals surface area (Å²) in [4.78, 5) is 23.8. The number of nitrogens with zero attached hydrogens (tertiary/aromatic N) is 1. The summed E-state index contributed by atoms with van der Waals surface area (Å²) < 4.78 is 5.01. The van der Waals surface area contributed by atoms with Gasteiger partial charge in [0.2, 0.25) is 0 Å². The van der Waals surface area contributed by atoms with Gasteiger partial charge in [0.25, 0.3) is 0 Å². The summed E-state index contributed by atoms with van der Waals surface area (Å²) in [5.74, 6) is -2.69. The second-order valence-electron chi connectivity index (χ2n) is 5.92. The van der Waals surface area contributed by atoms with Crippen LogP contribution in [0.2, 0.25) is 0 Å². The first kappa shape index (κ1) is 14.0. The molecular weight excluding hydrogens is 222 g/mol. The molecule has 1 saturated heterocycles. The Morgan fingerprint density at radius 3 is 1.94 bits per heavy atom. The third kappa shape index (κ3) is 2.97. The lowest BCUT2D eigenvalue weighted by Gasteiger charge is -2.53. The standard InChI is InChI=1S/C12H21NO4/c1-11(2)6-8(17-10(16)9(14)15)7-12(3,4)13(11)5/h8H,6-7H2,1-5H3,(H,14,15). The number of carboxylic acid groups (broad SMARTS) is 1. The smallest absolute Gasteiger partial charge is 0.417 e. The highest BCUT2D eigenvalue weighted by atomic mass is 16.6. The van der Waals surface area contributed by atoms with Crippen LogP contribution in [-0.4, -0.2) is 46.2 Å². The summed E-state index contributed by atoms with van der Waals surface area (Å²) in [7, 11) is 2.04. The lowest BCUT2D eigenvalue weighted by molar-refractivity contribution is -0.173. The molecule has 1 fully saturated rings. The van der Waals surface area contributed by atoms with E-state index in [0.29, 0.717) is 12.8 Å². The van der Waals surface area contributed by atoms with Crippen LogP contribution in [0.5, 0.6) is 0 Å². The molecule has 17 heavy (non-hydrogen) atoms. The van der Waals surface area contributed by atoms with Crippen molar-refractivity contribution in [3.63, 3.8) is 0 Å². The highest BCUT2D eigenvalue weighted by Gasteiger charge is 2.44. The molecule has 1 aliphatic heterocycles. The van der Waals surface area contributed by atoms with Crippen LogP contribution in [0.1, 0.15) is 40.5 Å². The number of likely N-dealkylation sites (tertiary alicyclic amines) is 1. The van der Waals surface area contributed by atoms with Gasteiger partial charge in [-0.2, -0.15) is 0 Å². The van der Waals surface area contributed by atoms with Crippen molar-refractivity contribution in [3.8, 4) is 0 Å². The Balaban J connectivity index is 2.78. The summed E-state index contributed by atoms with van der Waals surface area (Å²) >= 11 is 0. The lowest BCUT2D eigenvalue weighted by Crippen LogP contribution is -2.60. The summed E-state index contributed by atoms with van der Waals surface area (Å²) in [6.45, 7) is 8.26. The molecule has 0 radical (unpaired) electrons. The molecule has 5 heteroatoms. The zero-order valence-electron chi connectivity index (χ0n) is 11.1. The van der Waals surface area contributed by atoms with E-state index >= 15 is 0 Å². The molecule has 1 heterocycles. The predicted octanol–water partition coefficient (Wildman–Crippen LogP) is 1.27. The number of ether oxygens (including phenoxy) is 1. The van der Waals surface area contributed by atoms with E-state index in [1.165, 1.54) is 0 Å². The molecule has 0 aliphatic carbocycles. The number of hydrogen-bond acceptors (Lipinski definition) is 4. The molecule has 0 unspecified atom stereocenters. The van der Waals surface area contributed by atoms with Crippen LogP contribution >= 0.6 is 0 Å². The van der Waals surface area contributed by atoms with Gasteiger partial charge in [-0.15, -0.1) is 0 Å². The van der Waals surface area contributed by atoms with Gasteiger partial charge in [0, 0.05) is 23.9 Å². The van der Waals surface area contributed by atoms with Crippen molar-refractivity contribution in [2.75, 3.05) is 7.05 Å². The number of carbonyl (C=O) groups excluding carboxylic acids is 1. The van der Waals surface area contributed by atoms with Crippen molar-refractivity contribution in [1.82, 2.24) is 4.90 Å². The maximum atomic E-state index is 11.1. The summed E-state index contributed by atoms with van der Waals surface area (Å²) in [6, 6.07) is 0. The van der Waals surface area contributed by atoms with Crippen molar-refractivity contribution >= 4 is 11.9 Å². The molecule has 0 aromatic rings. The average molecular weight is 243 g/mol. The minimum Gasteiger partial charge on any atom is -0.473 e. The monoisotopic (exact) mass is 243 g/mol. The molecule has 0 bridgehead atoms. The molecule has 0 aromatic carbocycles. The van der Waals surface area contributed by atoms with Crippen LogP contribution in [0.15, 0.2) is 0 Å². The fourth-order valence-corrected chi connectivity index (χ4v) is 2.56. The zero-order valence-corrected chi connectivity index (χ0v) is 11.1. The third-order valence-corrected chi connectivity index (χ3v) is 3.72. The van der Waals surface area contributed by atoms with Crippen LogP contribution in [0.3, 0.4) is 0 Å². The van der Waals surface area contributed by atoms with Crippen molar-refractivity contribution < 1.29 is 19.4 Å². The summed E-state index contributed by atoms with van der Waals surface area (Å²) in [5.41, 5.74) is -0.240. The van der Waals surface area contributed by atoms with E-state index in [1.54, 1.807) is 0 Å². The number of piperidine rings is 1. The molecule has 1 N–H and O–H groups in total. The predicted molar refractivity (Wildman–Crippen MR) is 62.7 cm³/mol. The van der Waals surface area contributed by atoms with Gasteiger partial charge in [0.1, 0.15) is 6.10 Å². The van der Waals surface area contributed by atoms with E-state index in [9.17, 15) is 9.59 Å². The van der Waals surface area contributed by atoms with E-state index in [4.69, 9.17) is 9.84 Å². The fraction of sp³-hybridized carbons (Fsp3) is 0.833. The number of hydrogen-bond donors (Lipinski definition) is 1. The Morgan fingerprint density at radius 2 is 1.59 bits per heavy atom. The van der Waals surface area contributed by atoms with Crippen molar-refractivity contribution in [3.05, 3.63) is 0 Å². The second kappa shape index (κ2) is 4.29. The van der Waals surface area contributed by atoms with Gasteiger partial charge in [-0.25, -0.2) is 9.59 Å². The molecule has 0 saturated carbocycles. The molecule has 98 valence electrons. The molecule has 1 rings (SSSR count). The van der Waals surface area contributed by atoms with Gasteiger partial charge in [-0.05, 0) is 34.7 Å². The van der Waals surface area contributed by atoms with Crippen LogP contribution in [0.25, 0.3) is 0 Å². The van der Waals surface area contributed by atoms with Gasteiger partial charge in [0.15, 0.2) is 0 Å². The quantitative estimate of drug-likeness (QED) is 0.555. The normalized spacial score (nSPS) is 24.3. The number of carboxylic acids is 1. The molecule has 0 spiro atoms. The number of rotatable bonds is 1. The van der Waals surface area contributed by atoms with E-state index < -0.39 is 11.9 Å². The molecule has 0 aromatic heterocycles. The van der Waals surface area contributed by atoms with Gasteiger partial charge < -0.3 is 9.84 Å². The zero-order chi connectivity index (χ0) is 13.4. The maximum Gasteiger partial charge on any atom is 0.417 e. The van der Waals surface area contributed by atoms with Crippen molar-refractivity contribution in [2.45, 2.75) is 57.7 Å². The average Bonchev–Trinajstić information content (AvgIpc) is 2.12. The minimum absolute atomic E-state index is 0.120. The maximum absolute atomic E-state index is 11.1. The van der Waals surface area contributed by atoms with Gasteiger partial charge in [-0.1, -0.05) is 0 Å². The van der Waals surface area contributed by atoms with E-state index in [-0.39, 0.29) is 17.2 Å². The largest absolute Gasteiger partial charge is 0.473 e. The van der Waals surface area contributed by atoms with E-state index in [1.807, 2.05) is 7.05 Å². The Labute approximate surface area is 102 Å². The van der Waals surface area contributed by atoms with E-state index in [2.05, 4.69) is 32.6 Å². The number of carbonyl (C=O) groups is 2. The second-order valence-corrected chi connectivity index (χ2v) is 5.92. The minimum atomic E-state index is -1.53. The fourth-order valence-electron chi connectivity index (χ4n) is 2.56. The SMILES string of the molecule is CN1C(C)(C)CC(OC(=O)C(=O)O)CC1(C)C. The highest BCUT2D eigenvalue weighted by molar-refractivity contribution is 6.28. The van der Waals surface area contributed by atoms with Gasteiger partial charge in [0.05, 0.1) is 0 Å². The number of aliphatic carboxylic acids is 1. The number of esters is 1. The molecule has 1 aliphatic rings. The van der Waals surface area contributed by atoms with Crippen LogP contribution < -0.4 is 0 Å². The van der Waals surface area contributed by atoms with Gasteiger partial charge in [-0.3, -0.25) is 4.90 Å². The molecule has 5 nitrogen and oxygen atoms in total. The Kier molecular flexibility index (Phi) is 3.52. The molecular formula is C12H21NO4. The Hall–Kier alpha value is -1.10. The third-order valence-electron chi connectivity index (χ3n) is 3.72.